The van der Waals surface area contributed by atoms with Crippen LogP contribution in [-0.4, -0.2) is 38.0 Å². The summed E-state index contributed by atoms with van der Waals surface area (Å²) < 4.78 is 71.0. The number of hydrogen-bond acceptors (Lipinski definition) is 12. The van der Waals surface area contributed by atoms with Crippen molar-refractivity contribution < 1.29 is 30.7 Å². The Morgan fingerprint density at radius 2 is 1.46 bits per heavy atom. The van der Waals surface area contributed by atoms with Gasteiger partial charge in [-0.05, 0) is 53.6 Å². The Balaban J connectivity index is 0.00000154. The Kier molecular flexibility index (Phi) is 10.6. The molecule has 0 fully saturated rings. The molecular weight excluding hydrogens is 653 g/mol. The molecular formula is C30H30N6O7S3. The Morgan fingerprint density at radius 3 is 2.11 bits per heavy atom. The topological polar surface area (TPSA) is 206 Å². The van der Waals surface area contributed by atoms with E-state index in [1.165, 1.54) is 30.9 Å². The van der Waals surface area contributed by atoms with E-state index >= 15 is 0 Å². The summed E-state index contributed by atoms with van der Waals surface area (Å²) in [6.07, 6.45) is 1.25. The van der Waals surface area contributed by atoms with Gasteiger partial charge in [0.25, 0.3) is 20.2 Å². The number of azo groups is 2. The highest BCUT2D eigenvalue weighted by atomic mass is 32.2. The predicted octanol–water partition coefficient (Wildman–Crippen LogP) is 8.60. The third-order valence-corrected chi connectivity index (χ3v) is 8.69. The summed E-state index contributed by atoms with van der Waals surface area (Å²) in [5.74, 6) is 0.245. The molecule has 0 spiro atoms. The van der Waals surface area contributed by atoms with Gasteiger partial charge in [0.1, 0.15) is 27.7 Å². The van der Waals surface area contributed by atoms with Crippen molar-refractivity contribution in [3.63, 3.8) is 0 Å². The maximum absolute atomic E-state index is 11.8. The van der Waals surface area contributed by atoms with E-state index in [2.05, 4.69) is 39.3 Å². The second-order valence-corrected chi connectivity index (χ2v) is 13.6. The predicted molar refractivity (Wildman–Crippen MR) is 178 cm³/mol. The fourth-order valence-electron chi connectivity index (χ4n) is 4.09. The average molecular weight is 683 g/mol. The third-order valence-electron chi connectivity index (χ3n) is 6.17. The number of fused-ring (bicyclic) bond motifs is 1. The molecule has 13 nitrogen and oxygen atoms in total. The number of aryl methyl sites for hydroxylation is 1. The fourth-order valence-corrected chi connectivity index (χ4v) is 5.87. The zero-order chi connectivity index (χ0) is 33.6. The molecule has 0 amide bonds. The van der Waals surface area contributed by atoms with E-state index < -0.39 is 35.7 Å². The number of nitrogens with two attached hydrogens (primary N) is 1. The van der Waals surface area contributed by atoms with Crippen LogP contribution in [0, 0.1) is 6.92 Å². The van der Waals surface area contributed by atoms with Crippen molar-refractivity contribution in [2.75, 3.05) is 12.8 Å². The number of rotatable bonds is 8. The van der Waals surface area contributed by atoms with Gasteiger partial charge in [-0.2, -0.15) is 21.9 Å². The van der Waals surface area contributed by atoms with Crippen molar-refractivity contribution in [3.8, 4) is 17.0 Å². The summed E-state index contributed by atoms with van der Waals surface area (Å²) in [7, 11) is -8.07. The molecule has 0 saturated heterocycles. The third kappa shape index (κ3) is 8.15. The Bertz CT molecular complexity index is 2180. The maximum Gasteiger partial charge on any atom is 0.296 e. The molecule has 0 saturated carbocycles. The van der Waals surface area contributed by atoms with Gasteiger partial charge in [-0.1, -0.05) is 68.0 Å². The van der Waals surface area contributed by atoms with Gasteiger partial charge in [0.2, 0.25) is 0 Å². The van der Waals surface area contributed by atoms with E-state index in [0.29, 0.717) is 27.1 Å². The van der Waals surface area contributed by atoms with Gasteiger partial charge in [-0.25, -0.2) is 4.98 Å². The fraction of sp³-hybridized carbons (Fsp3) is 0.167. The monoisotopic (exact) mass is 682 g/mol. The summed E-state index contributed by atoms with van der Waals surface area (Å²) in [6, 6.07) is 19.3. The van der Waals surface area contributed by atoms with E-state index in [4.69, 9.17) is 10.5 Å². The maximum atomic E-state index is 11.8. The number of nitrogen functional groups attached to an aromatic ring is 1. The average Bonchev–Trinajstić information content (AvgIpc) is 3.38. The lowest BCUT2D eigenvalue weighted by molar-refractivity contribution is 0.416. The molecule has 0 bridgehead atoms. The Labute approximate surface area is 270 Å². The lowest BCUT2D eigenvalue weighted by Gasteiger charge is -2.08. The van der Waals surface area contributed by atoms with Gasteiger partial charge in [-0.15, -0.1) is 15.3 Å². The summed E-state index contributed by atoms with van der Waals surface area (Å²) in [4.78, 5) is 3.11. The number of methoxy groups -OCH3 is 1. The highest BCUT2D eigenvalue weighted by Crippen LogP contribution is 2.41. The molecule has 240 valence electrons. The largest absolute Gasteiger partial charge is 0.494 e. The SMILES string of the molecule is CCC.COc1cc(N=Nc2cc(S(=O)(=O)O)ccc2S(=O)(=O)O)c(C)cc1N=Nc1sc(N)nc1-c1ccc2ccccc2c1. The minimum Gasteiger partial charge on any atom is -0.494 e. The lowest BCUT2D eigenvalue weighted by Crippen LogP contribution is -2.02. The van der Waals surface area contributed by atoms with E-state index in [1.807, 2.05) is 42.5 Å². The molecule has 0 unspecified atom stereocenters. The highest BCUT2D eigenvalue weighted by Gasteiger charge is 2.20. The second kappa shape index (κ2) is 14.2. The van der Waals surface area contributed by atoms with E-state index in [1.54, 1.807) is 13.0 Å². The molecule has 4 N–H and O–H groups in total. The van der Waals surface area contributed by atoms with Crippen molar-refractivity contribution in [3.05, 3.63) is 78.4 Å². The zero-order valence-corrected chi connectivity index (χ0v) is 27.6. The van der Waals surface area contributed by atoms with Crippen LogP contribution in [0.3, 0.4) is 0 Å². The first-order valence-electron chi connectivity index (χ1n) is 13.6. The van der Waals surface area contributed by atoms with E-state index in [0.717, 1.165) is 34.5 Å². The van der Waals surface area contributed by atoms with Crippen LogP contribution < -0.4 is 10.5 Å². The van der Waals surface area contributed by atoms with Gasteiger partial charge in [0.15, 0.2) is 10.1 Å². The van der Waals surface area contributed by atoms with Crippen LogP contribution in [0.15, 0.2) is 103 Å². The van der Waals surface area contributed by atoms with Crippen molar-refractivity contribution in [2.24, 2.45) is 20.5 Å². The van der Waals surface area contributed by atoms with Crippen molar-refractivity contribution >= 4 is 69.5 Å². The Morgan fingerprint density at radius 1 is 0.804 bits per heavy atom. The number of ether oxygens (including phenoxy) is 1. The molecule has 1 aromatic heterocycles. The molecule has 0 aliphatic heterocycles. The molecule has 0 aliphatic carbocycles. The molecule has 0 radical (unpaired) electrons. The smallest absolute Gasteiger partial charge is 0.296 e. The van der Waals surface area contributed by atoms with Gasteiger partial charge in [0, 0.05) is 11.6 Å². The first-order chi connectivity index (χ1) is 21.7. The number of hydrogen-bond donors (Lipinski definition) is 3. The molecule has 46 heavy (non-hydrogen) atoms. The van der Waals surface area contributed by atoms with Gasteiger partial charge < -0.3 is 10.5 Å². The van der Waals surface area contributed by atoms with Gasteiger partial charge >= 0.3 is 0 Å². The van der Waals surface area contributed by atoms with Crippen LogP contribution in [-0.2, 0) is 20.2 Å². The van der Waals surface area contributed by atoms with Crippen molar-refractivity contribution in [1.82, 2.24) is 4.98 Å². The van der Waals surface area contributed by atoms with E-state index in [9.17, 15) is 25.9 Å². The quantitative estimate of drug-likeness (QED) is 0.106. The normalized spacial score (nSPS) is 12.0. The highest BCUT2D eigenvalue weighted by molar-refractivity contribution is 7.86. The van der Waals surface area contributed by atoms with Crippen molar-refractivity contribution in [2.45, 2.75) is 37.0 Å². The van der Waals surface area contributed by atoms with Gasteiger partial charge in [-0.3, -0.25) is 9.11 Å². The number of aromatic nitrogens is 1. The van der Waals surface area contributed by atoms with Crippen LogP contribution in [0.25, 0.3) is 22.0 Å². The zero-order valence-electron chi connectivity index (χ0n) is 25.1. The number of benzene rings is 4. The first-order valence-corrected chi connectivity index (χ1v) is 17.3. The summed E-state index contributed by atoms with van der Waals surface area (Å²) in [5.41, 5.74) is 7.96. The summed E-state index contributed by atoms with van der Waals surface area (Å²) in [5, 5.41) is 19.5. The molecule has 1 heterocycles. The summed E-state index contributed by atoms with van der Waals surface area (Å²) in [6.45, 7) is 5.93. The minimum atomic E-state index is -4.79. The van der Waals surface area contributed by atoms with E-state index in [-0.39, 0.29) is 11.4 Å². The molecule has 5 rings (SSSR count). The van der Waals surface area contributed by atoms with Crippen LogP contribution in [0.1, 0.15) is 25.8 Å². The lowest BCUT2D eigenvalue weighted by atomic mass is 10.1. The second-order valence-electron chi connectivity index (χ2n) is 9.77. The number of nitrogens with zero attached hydrogens (tertiary/aromatic N) is 5. The number of thiazole rings is 1. The number of anilines is 1. The molecule has 16 heteroatoms. The first kappa shape index (κ1) is 34.3. The Hall–Kier alpha value is -4.61. The van der Waals surface area contributed by atoms with Gasteiger partial charge in [0.05, 0.1) is 17.7 Å². The molecule has 0 aliphatic rings. The van der Waals surface area contributed by atoms with Crippen LogP contribution in [0.2, 0.25) is 0 Å². The summed E-state index contributed by atoms with van der Waals surface area (Å²) >= 11 is 1.17. The molecule has 4 aromatic carbocycles. The van der Waals surface area contributed by atoms with Crippen molar-refractivity contribution in [1.29, 1.82) is 0 Å². The minimum absolute atomic E-state index is 0.216. The standard InChI is InChI=1S/C27H22N6O7S3.C3H8/c1-15-11-21(31-33-26-25(29-27(28)41-26)18-8-7-16-5-3-4-6-17(16)12-18)23(40-2)14-20(15)30-32-22-13-19(42(34,35)36)9-10-24(22)43(37,38)39;1-3-2/h3-14H,1-2H3,(H2,28,29)(H,34,35,36)(H,37,38,39);3H2,1-2H3. The van der Waals surface area contributed by atoms with Crippen LogP contribution in [0.4, 0.5) is 27.2 Å². The molecule has 0 atom stereocenters. The van der Waals surface area contributed by atoms with Crippen LogP contribution >= 0.6 is 11.3 Å². The van der Waals surface area contributed by atoms with Crippen LogP contribution in [0.5, 0.6) is 5.75 Å². The molecule has 5 aromatic rings.